The van der Waals surface area contributed by atoms with Crippen LogP contribution in [0.4, 0.5) is 0 Å². The molecule has 6 nitrogen and oxygen atoms in total. The van der Waals surface area contributed by atoms with Crippen LogP contribution in [0.25, 0.3) is 0 Å². The first-order valence-corrected chi connectivity index (χ1v) is 6.03. The van der Waals surface area contributed by atoms with Gasteiger partial charge in [0.05, 0.1) is 0 Å². The summed E-state index contributed by atoms with van der Waals surface area (Å²) in [4.78, 5) is 24.2. The molecule has 1 aliphatic heterocycles. The summed E-state index contributed by atoms with van der Waals surface area (Å²) in [6.45, 7) is 5.33. The average molecular weight is 251 g/mol. The van der Waals surface area contributed by atoms with Crippen LogP contribution in [0.2, 0.25) is 0 Å². The minimum absolute atomic E-state index is 0.0250. The number of carboxylic acids is 1. The Labute approximate surface area is 105 Å². The van der Waals surface area contributed by atoms with Gasteiger partial charge in [0, 0.05) is 31.1 Å². The van der Waals surface area contributed by atoms with Crippen molar-refractivity contribution in [3.63, 3.8) is 0 Å². The number of hydrogen-bond acceptors (Lipinski definition) is 3. The molecule has 1 aliphatic rings. The van der Waals surface area contributed by atoms with Crippen LogP contribution < -0.4 is 0 Å². The van der Waals surface area contributed by atoms with Crippen LogP contribution in [-0.4, -0.2) is 45.2 Å². The Balaban J connectivity index is 1.88. The minimum atomic E-state index is -1.04. The number of likely N-dealkylation sites (tertiary alicyclic amines) is 1. The maximum absolute atomic E-state index is 11.7. The van der Waals surface area contributed by atoms with Gasteiger partial charge < -0.3 is 10.0 Å². The van der Waals surface area contributed by atoms with Crippen LogP contribution in [0.15, 0.2) is 6.07 Å². The van der Waals surface area contributed by atoms with E-state index in [9.17, 15) is 9.59 Å². The molecule has 1 saturated heterocycles. The van der Waals surface area contributed by atoms with Crippen molar-refractivity contribution in [2.75, 3.05) is 13.1 Å². The molecule has 2 heterocycles. The third-order valence-electron chi connectivity index (χ3n) is 3.07. The highest BCUT2D eigenvalue weighted by Crippen LogP contribution is 2.27. The SMILES string of the molecule is CC(C)CC(=O)N1CC(c2cc(C(=O)O)n[nH]2)C1. The second kappa shape index (κ2) is 4.80. The summed E-state index contributed by atoms with van der Waals surface area (Å²) >= 11 is 0. The van der Waals surface area contributed by atoms with Gasteiger partial charge in [0.2, 0.25) is 5.91 Å². The van der Waals surface area contributed by atoms with Gasteiger partial charge in [-0.25, -0.2) is 4.79 Å². The lowest BCUT2D eigenvalue weighted by Gasteiger charge is -2.39. The zero-order chi connectivity index (χ0) is 13.3. The predicted octanol–water partition coefficient (Wildman–Crippen LogP) is 1.08. The molecule has 0 atom stereocenters. The lowest BCUT2D eigenvalue weighted by molar-refractivity contribution is -0.136. The summed E-state index contributed by atoms with van der Waals surface area (Å²) in [6, 6.07) is 1.54. The Morgan fingerprint density at radius 3 is 2.72 bits per heavy atom. The first-order valence-electron chi connectivity index (χ1n) is 6.03. The maximum Gasteiger partial charge on any atom is 0.356 e. The molecule has 98 valence electrons. The molecule has 0 unspecified atom stereocenters. The van der Waals surface area contributed by atoms with E-state index in [-0.39, 0.29) is 17.5 Å². The van der Waals surface area contributed by atoms with Gasteiger partial charge in [-0.05, 0) is 12.0 Å². The van der Waals surface area contributed by atoms with Crippen LogP contribution in [-0.2, 0) is 4.79 Å². The Bertz CT molecular complexity index is 461. The molecule has 0 spiro atoms. The largest absolute Gasteiger partial charge is 0.476 e. The van der Waals surface area contributed by atoms with Gasteiger partial charge in [-0.2, -0.15) is 5.10 Å². The topological polar surface area (TPSA) is 86.3 Å². The molecular formula is C12H17N3O3. The Hall–Kier alpha value is -1.85. The molecule has 18 heavy (non-hydrogen) atoms. The molecule has 0 saturated carbocycles. The number of aromatic amines is 1. The Morgan fingerprint density at radius 2 is 2.22 bits per heavy atom. The molecule has 2 rings (SSSR count). The number of hydrogen-bond donors (Lipinski definition) is 2. The highest BCUT2D eigenvalue weighted by molar-refractivity contribution is 5.85. The average Bonchev–Trinajstić information content (AvgIpc) is 2.62. The summed E-state index contributed by atoms with van der Waals surface area (Å²) in [5.74, 6) is -0.326. The third-order valence-corrected chi connectivity index (χ3v) is 3.07. The predicted molar refractivity (Wildman–Crippen MR) is 64.3 cm³/mol. The number of nitrogens with one attached hydrogen (secondary N) is 1. The van der Waals surface area contributed by atoms with E-state index in [1.54, 1.807) is 4.90 Å². The van der Waals surface area contributed by atoms with Gasteiger partial charge in [0.25, 0.3) is 0 Å². The molecule has 0 aromatic carbocycles. The van der Waals surface area contributed by atoms with Crippen molar-refractivity contribution in [2.45, 2.75) is 26.2 Å². The fourth-order valence-electron chi connectivity index (χ4n) is 2.01. The van der Waals surface area contributed by atoms with Crippen molar-refractivity contribution >= 4 is 11.9 Å². The van der Waals surface area contributed by atoms with Gasteiger partial charge in [0.15, 0.2) is 5.69 Å². The summed E-state index contributed by atoms with van der Waals surface area (Å²) in [5, 5.41) is 15.2. The summed E-state index contributed by atoms with van der Waals surface area (Å²) in [5.41, 5.74) is 0.818. The zero-order valence-electron chi connectivity index (χ0n) is 10.5. The van der Waals surface area contributed by atoms with E-state index < -0.39 is 5.97 Å². The van der Waals surface area contributed by atoms with E-state index in [1.165, 1.54) is 6.07 Å². The first kappa shape index (κ1) is 12.6. The molecule has 0 aliphatic carbocycles. The van der Waals surface area contributed by atoms with Crippen molar-refractivity contribution in [2.24, 2.45) is 5.92 Å². The van der Waals surface area contributed by atoms with Crippen molar-refractivity contribution in [1.82, 2.24) is 15.1 Å². The molecule has 1 aromatic rings. The van der Waals surface area contributed by atoms with Crippen LogP contribution in [0.1, 0.15) is 42.4 Å². The van der Waals surface area contributed by atoms with E-state index in [1.807, 2.05) is 13.8 Å². The van der Waals surface area contributed by atoms with Crippen LogP contribution in [0.5, 0.6) is 0 Å². The molecule has 0 radical (unpaired) electrons. The van der Waals surface area contributed by atoms with Crippen molar-refractivity contribution in [3.05, 3.63) is 17.5 Å². The van der Waals surface area contributed by atoms with Crippen molar-refractivity contribution in [1.29, 1.82) is 0 Å². The molecule has 6 heteroatoms. The van der Waals surface area contributed by atoms with Crippen molar-refractivity contribution < 1.29 is 14.7 Å². The van der Waals surface area contributed by atoms with E-state index in [0.29, 0.717) is 25.4 Å². The lowest BCUT2D eigenvalue weighted by Crippen LogP contribution is -2.48. The van der Waals surface area contributed by atoms with E-state index in [0.717, 1.165) is 5.69 Å². The van der Waals surface area contributed by atoms with E-state index in [2.05, 4.69) is 10.2 Å². The third kappa shape index (κ3) is 2.52. The second-order valence-corrected chi connectivity index (χ2v) is 5.11. The number of carbonyl (C=O) groups is 2. The standard InChI is InChI=1S/C12H17N3O3/c1-7(2)3-11(16)15-5-8(6-15)9-4-10(12(17)18)14-13-9/h4,7-8H,3,5-6H2,1-2H3,(H,13,14)(H,17,18). The monoisotopic (exact) mass is 251 g/mol. The number of amides is 1. The van der Waals surface area contributed by atoms with Gasteiger partial charge >= 0.3 is 5.97 Å². The normalized spacial score (nSPS) is 15.8. The highest BCUT2D eigenvalue weighted by Gasteiger charge is 2.33. The highest BCUT2D eigenvalue weighted by atomic mass is 16.4. The first-order chi connectivity index (χ1) is 8.47. The maximum atomic E-state index is 11.7. The fourth-order valence-corrected chi connectivity index (χ4v) is 2.01. The van der Waals surface area contributed by atoms with Gasteiger partial charge in [-0.1, -0.05) is 13.8 Å². The number of carboxylic acid groups (broad SMARTS) is 1. The Kier molecular flexibility index (Phi) is 3.36. The number of carbonyl (C=O) groups excluding carboxylic acids is 1. The molecule has 1 aromatic heterocycles. The van der Waals surface area contributed by atoms with E-state index in [4.69, 9.17) is 5.11 Å². The molecule has 1 amide bonds. The van der Waals surface area contributed by atoms with Crippen LogP contribution in [0, 0.1) is 5.92 Å². The molecule has 0 bridgehead atoms. The van der Waals surface area contributed by atoms with E-state index >= 15 is 0 Å². The van der Waals surface area contributed by atoms with Gasteiger partial charge in [-0.3, -0.25) is 9.89 Å². The van der Waals surface area contributed by atoms with Crippen LogP contribution >= 0.6 is 0 Å². The number of nitrogens with zero attached hydrogens (tertiary/aromatic N) is 2. The lowest BCUT2D eigenvalue weighted by atomic mass is 9.95. The zero-order valence-corrected chi connectivity index (χ0v) is 10.5. The Morgan fingerprint density at radius 1 is 1.56 bits per heavy atom. The van der Waals surface area contributed by atoms with Crippen LogP contribution in [0.3, 0.4) is 0 Å². The number of aromatic nitrogens is 2. The number of H-pyrrole nitrogens is 1. The number of aromatic carboxylic acids is 1. The quantitative estimate of drug-likeness (QED) is 0.838. The summed E-state index contributed by atoms with van der Waals surface area (Å²) in [7, 11) is 0. The van der Waals surface area contributed by atoms with Crippen molar-refractivity contribution in [3.8, 4) is 0 Å². The molecule has 1 fully saturated rings. The smallest absolute Gasteiger partial charge is 0.356 e. The second-order valence-electron chi connectivity index (χ2n) is 5.11. The number of rotatable bonds is 4. The minimum Gasteiger partial charge on any atom is -0.476 e. The summed E-state index contributed by atoms with van der Waals surface area (Å²) in [6.07, 6.45) is 0.566. The fraction of sp³-hybridized carbons (Fsp3) is 0.583. The molecular weight excluding hydrogens is 234 g/mol. The van der Waals surface area contributed by atoms with Gasteiger partial charge in [0.1, 0.15) is 0 Å². The van der Waals surface area contributed by atoms with Gasteiger partial charge in [-0.15, -0.1) is 0 Å². The summed E-state index contributed by atoms with van der Waals surface area (Å²) < 4.78 is 0. The molecule has 2 N–H and O–H groups in total.